The third-order valence-electron chi connectivity index (χ3n) is 6.00. The van der Waals surface area contributed by atoms with Crippen molar-refractivity contribution in [3.05, 3.63) is 74.9 Å². The van der Waals surface area contributed by atoms with E-state index in [9.17, 15) is 15.2 Å². The van der Waals surface area contributed by atoms with Gasteiger partial charge in [-0.15, -0.1) is 11.3 Å². The number of thiazole rings is 1. The number of aromatic nitrogens is 3. The highest BCUT2D eigenvalue weighted by molar-refractivity contribution is 7.09. The number of aryl methyl sites for hydroxylation is 1. The first kappa shape index (κ1) is 21.8. The minimum Gasteiger partial charge on any atom is -0.478 e. The maximum atomic E-state index is 11.7. The Morgan fingerprint density at radius 1 is 1.29 bits per heavy atom. The van der Waals surface area contributed by atoms with Gasteiger partial charge in [0.2, 0.25) is 0 Å². The summed E-state index contributed by atoms with van der Waals surface area (Å²) in [4.78, 5) is 29.1. The van der Waals surface area contributed by atoms with Gasteiger partial charge in [-0.25, -0.2) is 19.7 Å². The van der Waals surface area contributed by atoms with Crippen LogP contribution in [0.25, 0.3) is 11.0 Å². The van der Waals surface area contributed by atoms with Gasteiger partial charge in [0.25, 0.3) is 0 Å². The molecule has 34 heavy (non-hydrogen) atoms. The lowest BCUT2D eigenvalue weighted by Gasteiger charge is -2.28. The van der Waals surface area contributed by atoms with Crippen LogP contribution in [0.4, 0.5) is 11.5 Å². The monoisotopic (exact) mass is 470 g/mol. The summed E-state index contributed by atoms with van der Waals surface area (Å²) >= 11 is 1.66. The molecule has 2 N–H and O–H groups in total. The molecule has 8 nitrogen and oxygen atoms in total. The van der Waals surface area contributed by atoms with Gasteiger partial charge in [0, 0.05) is 29.1 Å². The van der Waals surface area contributed by atoms with Crippen molar-refractivity contribution in [3.8, 4) is 6.07 Å². The zero-order valence-corrected chi connectivity index (χ0v) is 19.6. The van der Waals surface area contributed by atoms with Crippen LogP contribution in [-0.2, 0) is 13.0 Å². The van der Waals surface area contributed by atoms with E-state index in [1.54, 1.807) is 35.6 Å². The Labute approximate surface area is 200 Å². The average Bonchev–Trinajstić information content (AvgIpc) is 3.30. The first-order chi connectivity index (χ1) is 16.4. The number of benzene rings is 2. The number of anilines is 2. The molecule has 0 aliphatic carbocycles. The summed E-state index contributed by atoms with van der Waals surface area (Å²) in [6.45, 7) is 5.27. The summed E-state index contributed by atoms with van der Waals surface area (Å²) in [6, 6.07) is 12.8. The molecule has 5 rings (SSSR count). The van der Waals surface area contributed by atoms with Gasteiger partial charge in [0.1, 0.15) is 6.07 Å². The van der Waals surface area contributed by atoms with Crippen molar-refractivity contribution in [1.29, 1.82) is 5.26 Å². The van der Waals surface area contributed by atoms with Crippen molar-refractivity contribution in [3.63, 3.8) is 0 Å². The van der Waals surface area contributed by atoms with Crippen molar-refractivity contribution in [2.45, 2.75) is 32.9 Å². The van der Waals surface area contributed by atoms with Crippen LogP contribution in [0.1, 0.15) is 50.7 Å². The third-order valence-corrected chi connectivity index (χ3v) is 6.94. The molecule has 170 valence electrons. The molecular weight excluding hydrogens is 448 g/mol. The number of aromatic carboxylic acids is 1. The standard InChI is InChI=1S/C25H22N6O2S/c1-14-9-17(15(2)28-18-6-4-3-5-16(18)25(32)33)23-19(10-14)29-20(11-26)24(30-23)31-8-7-22-21(12-31)27-13-34-22/h3-6,9-10,13,15,28H,7-8,12H2,1-2H3,(H,32,33)/t15-/m1/s1. The number of para-hydroxylation sites is 1. The SMILES string of the molecule is Cc1cc([C@@H](C)Nc2ccccc2C(=O)O)c2nc(N3CCc4scnc4C3)c(C#N)nc2c1. The lowest BCUT2D eigenvalue weighted by Crippen LogP contribution is -2.31. The Balaban J connectivity index is 1.58. The zero-order valence-electron chi connectivity index (χ0n) is 18.7. The number of nitriles is 1. The van der Waals surface area contributed by atoms with Crippen molar-refractivity contribution in [2.75, 3.05) is 16.8 Å². The number of carboxylic acids is 1. The third kappa shape index (κ3) is 3.93. The number of nitrogens with zero attached hydrogens (tertiary/aromatic N) is 5. The van der Waals surface area contributed by atoms with E-state index in [1.807, 2.05) is 31.5 Å². The molecule has 0 amide bonds. The number of carboxylic acid groups (broad SMARTS) is 1. The van der Waals surface area contributed by atoms with Crippen LogP contribution in [0, 0.1) is 18.3 Å². The van der Waals surface area contributed by atoms with Gasteiger partial charge in [0.05, 0.1) is 40.4 Å². The molecule has 0 saturated carbocycles. The van der Waals surface area contributed by atoms with E-state index >= 15 is 0 Å². The van der Waals surface area contributed by atoms with Gasteiger partial charge in [-0.3, -0.25) is 0 Å². The van der Waals surface area contributed by atoms with E-state index in [2.05, 4.69) is 26.3 Å². The fourth-order valence-corrected chi connectivity index (χ4v) is 5.13. The van der Waals surface area contributed by atoms with Crippen molar-refractivity contribution in [1.82, 2.24) is 15.0 Å². The van der Waals surface area contributed by atoms with E-state index in [0.717, 1.165) is 29.8 Å². The highest BCUT2D eigenvalue weighted by Gasteiger charge is 2.24. The summed E-state index contributed by atoms with van der Waals surface area (Å²) in [5.74, 6) is -0.437. The van der Waals surface area contributed by atoms with Gasteiger partial charge in [-0.05, 0) is 37.6 Å². The van der Waals surface area contributed by atoms with Gasteiger partial charge in [0.15, 0.2) is 11.5 Å². The molecule has 1 atom stereocenters. The second-order valence-corrected chi connectivity index (χ2v) is 9.28. The molecule has 0 radical (unpaired) electrons. The molecule has 0 spiro atoms. The number of carbonyl (C=O) groups is 1. The van der Waals surface area contributed by atoms with Gasteiger partial charge in [-0.1, -0.05) is 18.2 Å². The molecule has 0 saturated heterocycles. The molecule has 4 aromatic rings. The Bertz CT molecular complexity index is 1460. The first-order valence-corrected chi connectivity index (χ1v) is 11.8. The van der Waals surface area contributed by atoms with E-state index in [-0.39, 0.29) is 11.6 Å². The fraction of sp³-hybridized carbons (Fsp3) is 0.240. The topological polar surface area (TPSA) is 115 Å². The lowest BCUT2D eigenvalue weighted by atomic mass is 10.0. The maximum Gasteiger partial charge on any atom is 0.337 e. The fourth-order valence-electron chi connectivity index (χ4n) is 4.36. The largest absolute Gasteiger partial charge is 0.478 e. The van der Waals surface area contributed by atoms with Gasteiger partial charge >= 0.3 is 5.97 Å². The molecule has 1 aliphatic rings. The predicted octanol–water partition coefficient (Wildman–Crippen LogP) is 4.70. The Morgan fingerprint density at radius 3 is 2.91 bits per heavy atom. The summed E-state index contributed by atoms with van der Waals surface area (Å²) in [5, 5.41) is 22.7. The summed E-state index contributed by atoms with van der Waals surface area (Å²) in [7, 11) is 0. The van der Waals surface area contributed by atoms with Crippen LogP contribution in [0.5, 0.6) is 0 Å². The van der Waals surface area contributed by atoms with Crippen LogP contribution < -0.4 is 10.2 Å². The molecule has 9 heteroatoms. The minimum atomic E-state index is -0.989. The van der Waals surface area contributed by atoms with Gasteiger partial charge in [-0.2, -0.15) is 5.26 Å². The van der Waals surface area contributed by atoms with Crippen molar-refractivity contribution >= 4 is 39.8 Å². The first-order valence-electron chi connectivity index (χ1n) is 10.9. The molecule has 2 aromatic carbocycles. The molecule has 3 heterocycles. The van der Waals surface area contributed by atoms with Crippen LogP contribution in [0.3, 0.4) is 0 Å². The summed E-state index contributed by atoms with van der Waals surface area (Å²) < 4.78 is 0. The van der Waals surface area contributed by atoms with E-state index in [1.165, 1.54) is 4.88 Å². The van der Waals surface area contributed by atoms with Crippen LogP contribution in [0.15, 0.2) is 41.9 Å². The summed E-state index contributed by atoms with van der Waals surface area (Å²) in [6.07, 6.45) is 0.856. The molecule has 0 unspecified atom stereocenters. The van der Waals surface area contributed by atoms with Crippen LogP contribution >= 0.6 is 11.3 Å². The molecule has 2 aromatic heterocycles. The average molecular weight is 471 g/mol. The van der Waals surface area contributed by atoms with Crippen LogP contribution in [0.2, 0.25) is 0 Å². The van der Waals surface area contributed by atoms with Crippen molar-refractivity contribution < 1.29 is 9.90 Å². The van der Waals surface area contributed by atoms with Gasteiger partial charge < -0.3 is 15.3 Å². The smallest absolute Gasteiger partial charge is 0.337 e. The normalized spacial score (nSPS) is 13.9. The van der Waals surface area contributed by atoms with Crippen molar-refractivity contribution in [2.24, 2.45) is 0 Å². The number of hydrogen-bond donors (Lipinski definition) is 2. The maximum absolute atomic E-state index is 11.7. The predicted molar refractivity (Wildman–Crippen MR) is 131 cm³/mol. The number of fused-ring (bicyclic) bond motifs is 2. The second kappa shape index (κ2) is 8.72. The molecular formula is C25H22N6O2S. The highest BCUT2D eigenvalue weighted by atomic mass is 32.1. The summed E-state index contributed by atoms with van der Waals surface area (Å²) in [5.41, 5.74) is 7.11. The Hall–Kier alpha value is -4.03. The number of rotatable bonds is 5. The Morgan fingerprint density at radius 2 is 2.12 bits per heavy atom. The highest BCUT2D eigenvalue weighted by Crippen LogP contribution is 2.32. The van der Waals surface area contributed by atoms with E-state index < -0.39 is 5.97 Å². The zero-order chi connectivity index (χ0) is 23.8. The second-order valence-electron chi connectivity index (χ2n) is 8.34. The van der Waals surface area contributed by atoms with Crippen LogP contribution in [-0.4, -0.2) is 32.6 Å². The van der Waals surface area contributed by atoms with E-state index in [4.69, 9.17) is 4.98 Å². The van der Waals surface area contributed by atoms with E-state index in [0.29, 0.717) is 34.8 Å². The lowest BCUT2D eigenvalue weighted by molar-refractivity contribution is 0.0698. The Kier molecular flexibility index (Phi) is 5.59. The quantitative estimate of drug-likeness (QED) is 0.431. The number of nitrogens with one attached hydrogen (secondary N) is 1. The molecule has 0 bridgehead atoms. The number of hydrogen-bond acceptors (Lipinski definition) is 8. The molecule has 0 fully saturated rings. The minimum absolute atomic E-state index is 0.206. The molecule has 1 aliphatic heterocycles.